The highest BCUT2D eigenvalue weighted by molar-refractivity contribution is 7.51. The molecular formula is C15H19NO3P+. The molecule has 0 spiro atoms. The molecule has 2 aromatic rings. The van der Waals surface area contributed by atoms with Crippen LogP contribution in [0.5, 0.6) is 0 Å². The SMILES string of the molecule is C[C@H]([NH2+][C@@H](c1ccccc1)P(=O)(O)O)c1ccccc1. The number of rotatable bonds is 5. The molecule has 0 aliphatic heterocycles. The monoisotopic (exact) mass is 292 g/mol. The third-order valence-corrected chi connectivity index (χ3v) is 4.49. The number of benzene rings is 2. The van der Waals surface area contributed by atoms with Crippen LogP contribution in [0.1, 0.15) is 29.9 Å². The molecule has 0 saturated carbocycles. The lowest BCUT2D eigenvalue weighted by atomic mass is 10.1. The molecule has 4 N–H and O–H groups in total. The van der Waals surface area contributed by atoms with Gasteiger partial charge in [-0.05, 0) is 6.92 Å². The Labute approximate surface area is 118 Å². The van der Waals surface area contributed by atoms with E-state index >= 15 is 0 Å². The molecule has 0 heterocycles. The molecule has 4 nitrogen and oxygen atoms in total. The fraction of sp³-hybridized carbons (Fsp3) is 0.200. The van der Waals surface area contributed by atoms with Crippen molar-refractivity contribution in [3.05, 3.63) is 71.8 Å². The van der Waals surface area contributed by atoms with Gasteiger partial charge >= 0.3 is 7.60 Å². The Bertz CT molecular complexity index is 583. The van der Waals surface area contributed by atoms with Gasteiger partial charge in [0.05, 0.1) is 0 Å². The molecule has 0 radical (unpaired) electrons. The third-order valence-electron chi connectivity index (χ3n) is 3.30. The van der Waals surface area contributed by atoms with E-state index in [9.17, 15) is 14.4 Å². The maximum atomic E-state index is 11.8. The third kappa shape index (κ3) is 3.78. The van der Waals surface area contributed by atoms with Gasteiger partial charge in [0.2, 0.25) is 5.78 Å². The first-order valence-corrected chi connectivity index (χ1v) is 8.17. The van der Waals surface area contributed by atoms with Crippen LogP contribution in [0.3, 0.4) is 0 Å². The number of hydrogen-bond donors (Lipinski definition) is 3. The Kier molecular flexibility index (Phi) is 4.73. The maximum Gasteiger partial charge on any atom is 0.387 e. The summed E-state index contributed by atoms with van der Waals surface area (Å²) in [6.45, 7) is 1.95. The summed E-state index contributed by atoms with van der Waals surface area (Å²) in [7, 11) is -4.23. The second kappa shape index (κ2) is 6.33. The van der Waals surface area contributed by atoms with Crippen molar-refractivity contribution in [3.63, 3.8) is 0 Å². The molecule has 0 saturated heterocycles. The molecule has 0 bridgehead atoms. The summed E-state index contributed by atoms with van der Waals surface area (Å²) in [6.07, 6.45) is 0. The summed E-state index contributed by atoms with van der Waals surface area (Å²) in [5, 5.41) is 1.73. The van der Waals surface area contributed by atoms with Crippen molar-refractivity contribution in [2.45, 2.75) is 18.7 Å². The van der Waals surface area contributed by atoms with Gasteiger partial charge in [0.15, 0.2) is 0 Å². The second-order valence-electron chi connectivity index (χ2n) is 4.84. The van der Waals surface area contributed by atoms with Crippen LogP contribution in [0.15, 0.2) is 60.7 Å². The van der Waals surface area contributed by atoms with Gasteiger partial charge in [0.1, 0.15) is 6.04 Å². The molecule has 0 amide bonds. The van der Waals surface area contributed by atoms with Gasteiger partial charge in [-0.2, -0.15) is 0 Å². The van der Waals surface area contributed by atoms with Gasteiger partial charge in [-0.1, -0.05) is 60.7 Å². The van der Waals surface area contributed by atoms with Gasteiger partial charge in [-0.25, -0.2) is 0 Å². The number of nitrogens with two attached hydrogens (primary N) is 1. The quantitative estimate of drug-likeness (QED) is 0.740. The highest BCUT2D eigenvalue weighted by atomic mass is 31.2. The predicted molar refractivity (Wildman–Crippen MR) is 78.0 cm³/mol. The van der Waals surface area contributed by atoms with Crippen LogP contribution >= 0.6 is 7.60 Å². The fourth-order valence-corrected chi connectivity index (χ4v) is 3.25. The van der Waals surface area contributed by atoms with Crippen molar-refractivity contribution in [3.8, 4) is 0 Å². The summed E-state index contributed by atoms with van der Waals surface area (Å²) in [6, 6.07) is 18.6. The van der Waals surface area contributed by atoms with E-state index in [1.807, 2.05) is 43.3 Å². The lowest BCUT2D eigenvalue weighted by molar-refractivity contribution is -0.714. The van der Waals surface area contributed by atoms with E-state index in [0.29, 0.717) is 5.56 Å². The van der Waals surface area contributed by atoms with Gasteiger partial charge in [0, 0.05) is 11.1 Å². The largest absolute Gasteiger partial charge is 0.387 e. The first kappa shape index (κ1) is 14.9. The predicted octanol–water partition coefficient (Wildman–Crippen LogP) is 2.19. The van der Waals surface area contributed by atoms with Gasteiger partial charge in [-0.15, -0.1) is 0 Å². The molecule has 2 atom stereocenters. The Morgan fingerprint density at radius 1 is 0.900 bits per heavy atom. The molecule has 2 rings (SSSR count). The average molecular weight is 292 g/mol. The second-order valence-corrected chi connectivity index (χ2v) is 6.57. The van der Waals surface area contributed by atoms with Crippen molar-refractivity contribution in [1.29, 1.82) is 0 Å². The van der Waals surface area contributed by atoms with E-state index in [4.69, 9.17) is 0 Å². The molecule has 0 aromatic heterocycles. The normalized spacial score (nSPS) is 14.8. The van der Waals surface area contributed by atoms with Gasteiger partial charge in [-0.3, -0.25) is 4.57 Å². The summed E-state index contributed by atoms with van der Waals surface area (Å²) < 4.78 is 11.8. The minimum atomic E-state index is -4.23. The Morgan fingerprint density at radius 3 is 1.80 bits per heavy atom. The van der Waals surface area contributed by atoms with Crippen molar-refractivity contribution >= 4 is 7.60 Å². The summed E-state index contributed by atoms with van der Waals surface area (Å²) in [5.41, 5.74) is 1.69. The van der Waals surface area contributed by atoms with Crippen molar-refractivity contribution < 1.29 is 19.7 Å². The minimum absolute atomic E-state index is 0.0333. The first-order valence-electron chi connectivity index (χ1n) is 6.48. The first-order chi connectivity index (χ1) is 9.48. The smallest absolute Gasteiger partial charge is 0.324 e. The van der Waals surface area contributed by atoms with E-state index in [1.165, 1.54) is 0 Å². The molecule has 106 valence electrons. The van der Waals surface area contributed by atoms with Crippen molar-refractivity contribution in [2.24, 2.45) is 0 Å². The average Bonchev–Trinajstić information content (AvgIpc) is 2.45. The molecule has 0 aliphatic rings. The van der Waals surface area contributed by atoms with Crippen LogP contribution in [-0.2, 0) is 4.57 Å². The molecular weight excluding hydrogens is 273 g/mol. The number of quaternary nitrogens is 1. The van der Waals surface area contributed by atoms with E-state index < -0.39 is 13.4 Å². The Balaban J connectivity index is 2.24. The Morgan fingerprint density at radius 2 is 1.35 bits per heavy atom. The molecule has 2 aromatic carbocycles. The summed E-state index contributed by atoms with van der Waals surface area (Å²) in [4.78, 5) is 19.2. The maximum absolute atomic E-state index is 11.8. The molecule has 0 unspecified atom stereocenters. The van der Waals surface area contributed by atoms with Crippen molar-refractivity contribution in [1.82, 2.24) is 0 Å². The van der Waals surface area contributed by atoms with Crippen molar-refractivity contribution in [2.75, 3.05) is 0 Å². The standard InChI is InChI=1S/C15H18NO3P/c1-12(13-8-4-2-5-9-13)16-15(20(17,18)19)14-10-6-3-7-11-14/h2-12,15-16H,1H3,(H2,17,18,19)/p+1/t12-,15+/m0/s1. The highest BCUT2D eigenvalue weighted by Gasteiger charge is 2.35. The molecule has 0 fully saturated rings. The van der Waals surface area contributed by atoms with E-state index in [0.717, 1.165) is 5.56 Å². The fourth-order valence-electron chi connectivity index (χ4n) is 2.21. The molecule has 0 aliphatic carbocycles. The van der Waals surface area contributed by atoms with Crippen LogP contribution in [0.2, 0.25) is 0 Å². The van der Waals surface area contributed by atoms with Gasteiger partial charge in [0.25, 0.3) is 0 Å². The van der Waals surface area contributed by atoms with Crippen LogP contribution in [-0.4, -0.2) is 9.79 Å². The lowest BCUT2D eigenvalue weighted by Crippen LogP contribution is -2.85. The molecule has 20 heavy (non-hydrogen) atoms. The van der Waals surface area contributed by atoms with E-state index in [1.54, 1.807) is 29.6 Å². The topological polar surface area (TPSA) is 74.1 Å². The van der Waals surface area contributed by atoms with Crippen LogP contribution < -0.4 is 5.32 Å². The zero-order valence-corrected chi connectivity index (χ0v) is 12.1. The summed E-state index contributed by atoms with van der Waals surface area (Å²) >= 11 is 0. The highest BCUT2D eigenvalue weighted by Crippen LogP contribution is 2.47. The van der Waals surface area contributed by atoms with E-state index in [-0.39, 0.29) is 6.04 Å². The van der Waals surface area contributed by atoms with E-state index in [2.05, 4.69) is 0 Å². The van der Waals surface area contributed by atoms with Crippen LogP contribution in [0.25, 0.3) is 0 Å². The zero-order valence-electron chi connectivity index (χ0n) is 11.3. The number of hydrogen-bond acceptors (Lipinski definition) is 1. The van der Waals surface area contributed by atoms with Gasteiger partial charge < -0.3 is 15.1 Å². The summed E-state index contributed by atoms with van der Waals surface area (Å²) in [5.74, 6) is -0.876. The van der Waals surface area contributed by atoms with Crippen LogP contribution in [0.4, 0.5) is 0 Å². The lowest BCUT2D eigenvalue weighted by Gasteiger charge is -2.21. The Hall–Kier alpha value is -1.45. The molecule has 5 heteroatoms. The zero-order chi connectivity index (χ0) is 14.6. The van der Waals surface area contributed by atoms with Crippen LogP contribution in [0, 0.1) is 0 Å². The minimum Gasteiger partial charge on any atom is -0.324 e.